The molecule has 0 spiro atoms. The van der Waals surface area contributed by atoms with Crippen LogP contribution in [0.3, 0.4) is 0 Å². The summed E-state index contributed by atoms with van der Waals surface area (Å²) in [6.07, 6.45) is 6.59. The minimum atomic E-state index is 0.335. The molecule has 1 unspecified atom stereocenters. The summed E-state index contributed by atoms with van der Waals surface area (Å²) in [5, 5.41) is 0. The van der Waals surface area contributed by atoms with E-state index in [2.05, 4.69) is 26.3 Å². The summed E-state index contributed by atoms with van der Waals surface area (Å²) in [6.45, 7) is 8.62. The fourth-order valence-electron chi connectivity index (χ4n) is 3.08. The molecular weight excluding hydrogens is 238 g/mol. The van der Waals surface area contributed by atoms with Gasteiger partial charge in [0.05, 0.1) is 18.1 Å². The van der Waals surface area contributed by atoms with E-state index in [1.165, 1.54) is 18.5 Å². The molecule has 0 aromatic carbocycles. The zero-order valence-electron chi connectivity index (χ0n) is 11.8. The van der Waals surface area contributed by atoms with Crippen LogP contribution in [0.1, 0.15) is 37.5 Å². The summed E-state index contributed by atoms with van der Waals surface area (Å²) < 4.78 is 2.35. The predicted molar refractivity (Wildman–Crippen MR) is 76.0 cm³/mol. The molecule has 2 heterocycles. The Balaban J connectivity index is 1.71. The molecule has 1 saturated carbocycles. The van der Waals surface area contributed by atoms with Crippen LogP contribution in [0.2, 0.25) is 0 Å². The van der Waals surface area contributed by atoms with Crippen LogP contribution in [-0.2, 0) is 0 Å². The molecule has 5 nitrogen and oxygen atoms in total. The largest absolute Gasteiger partial charge is 0.330 e. The molecule has 1 aromatic heterocycles. The second kappa shape index (κ2) is 5.61. The molecule has 0 bridgehead atoms. The molecule has 0 radical (unpaired) electrons. The van der Waals surface area contributed by atoms with Gasteiger partial charge in [-0.2, -0.15) is 0 Å². The first kappa shape index (κ1) is 13.1. The van der Waals surface area contributed by atoms with Crippen molar-refractivity contribution in [2.24, 2.45) is 5.73 Å². The average molecular weight is 263 g/mol. The molecule has 1 aromatic rings. The molecule has 1 saturated heterocycles. The van der Waals surface area contributed by atoms with E-state index in [0.29, 0.717) is 18.6 Å². The Morgan fingerprint density at radius 3 is 2.63 bits per heavy atom. The standard InChI is InChI=1S/C14H25N5/c1-2-17-5-7-18(8-6-17)13(9-15)14-10-16-11-19(14)12-3-4-12/h10-13H,2-9,15H2,1H3. The van der Waals surface area contributed by atoms with Crippen molar-refractivity contribution in [3.63, 3.8) is 0 Å². The van der Waals surface area contributed by atoms with Gasteiger partial charge in [-0.05, 0) is 19.4 Å². The van der Waals surface area contributed by atoms with E-state index in [1.807, 2.05) is 12.5 Å². The first-order valence-corrected chi connectivity index (χ1v) is 7.51. The van der Waals surface area contributed by atoms with Gasteiger partial charge in [-0.3, -0.25) is 4.90 Å². The highest BCUT2D eigenvalue weighted by Crippen LogP contribution is 2.37. The third kappa shape index (κ3) is 2.68. The molecule has 2 fully saturated rings. The predicted octanol–water partition coefficient (Wildman–Crippen LogP) is 0.855. The zero-order valence-corrected chi connectivity index (χ0v) is 11.8. The summed E-state index contributed by atoms with van der Waals surface area (Å²) in [5.74, 6) is 0. The molecule has 2 N–H and O–H groups in total. The summed E-state index contributed by atoms with van der Waals surface area (Å²) in [6, 6.07) is 1.02. The third-order valence-corrected chi connectivity index (χ3v) is 4.50. The second-order valence-electron chi connectivity index (χ2n) is 5.68. The van der Waals surface area contributed by atoms with E-state index in [1.54, 1.807) is 0 Å². The second-order valence-corrected chi connectivity index (χ2v) is 5.68. The van der Waals surface area contributed by atoms with Gasteiger partial charge in [0.25, 0.3) is 0 Å². The number of nitrogens with two attached hydrogens (primary N) is 1. The Bertz CT molecular complexity index is 404. The van der Waals surface area contributed by atoms with E-state index >= 15 is 0 Å². The van der Waals surface area contributed by atoms with Gasteiger partial charge in [0.1, 0.15) is 0 Å². The van der Waals surface area contributed by atoms with Crippen LogP contribution >= 0.6 is 0 Å². The van der Waals surface area contributed by atoms with E-state index in [0.717, 1.165) is 32.7 Å². The summed E-state index contributed by atoms with van der Waals surface area (Å²) in [7, 11) is 0. The number of hydrogen-bond acceptors (Lipinski definition) is 4. The molecular formula is C14H25N5. The maximum Gasteiger partial charge on any atom is 0.0951 e. The van der Waals surface area contributed by atoms with Gasteiger partial charge in [-0.1, -0.05) is 6.92 Å². The molecule has 19 heavy (non-hydrogen) atoms. The third-order valence-electron chi connectivity index (χ3n) is 4.50. The monoisotopic (exact) mass is 263 g/mol. The number of aromatic nitrogens is 2. The topological polar surface area (TPSA) is 50.3 Å². The Hall–Kier alpha value is -0.910. The Kier molecular flexibility index (Phi) is 3.86. The Labute approximate surface area is 115 Å². The highest BCUT2D eigenvalue weighted by Gasteiger charge is 2.30. The molecule has 106 valence electrons. The fourth-order valence-corrected chi connectivity index (χ4v) is 3.08. The highest BCUT2D eigenvalue weighted by molar-refractivity contribution is 5.10. The number of rotatable bonds is 5. The van der Waals surface area contributed by atoms with Gasteiger partial charge in [-0.25, -0.2) is 4.98 Å². The van der Waals surface area contributed by atoms with Crippen molar-refractivity contribution >= 4 is 0 Å². The smallest absolute Gasteiger partial charge is 0.0951 e. The lowest BCUT2D eigenvalue weighted by Gasteiger charge is -2.38. The number of nitrogens with zero attached hydrogens (tertiary/aromatic N) is 4. The van der Waals surface area contributed by atoms with Gasteiger partial charge >= 0.3 is 0 Å². The van der Waals surface area contributed by atoms with Crippen molar-refractivity contribution in [3.8, 4) is 0 Å². The summed E-state index contributed by atoms with van der Waals surface area (Å²) in [5.41, 5.74) is 7.37. The number of hydrogen-bond donors (Lipinski definition) is 1. The van der Waals surface area contributed by atoms with Crippen LogP contribution in [0.4, 0.5) is 0 Å². The van der Waals surface area contributed by atoms with Crippen LogP contribution in [0.5, 0.6) is 0 Å². The van der Waals surface area contributed by atoms with E-state index < -0.39 is 0 Å². The van der Waals surface area contributed by atoms with Crippen molar-refractivity contribution in [3.05, 3.63) is 18.2 Å². The maximum atomic E-state index is 6.06. The van der Waals surface area contributed by atoms with Crippen molar-refractivity contribution in [1.29, 1.82) is 0 Å². The van der Waals surface area contributed by atoms with E-state index in [4.69, 9.17) is 5.73 Å². The summed E-state index contributed by atoms with van der Waals surface area (Å²) in [4.78, 5) is 9.38. The minimum Gasteiger partial charge on any atom is -0.330 e. The van der Waals surface area contributed by atoms with Crippen LogP contribution < -0.4 is 5.73 Å². The highest BCUT2D eigenvalue weighted by atomic mass is 15.3. The number of likely N-dealkylation sites (N-methyl/N-ethyl adjacent to an activating group) is 1. The van der Waals surface area contributed by atoms with Crippen molar-refractivity contribution in [1.82, 2.24) is 19.4 Å². The van der Waals surface area contributed by atoms with Crippen LogP contribution in [-0.4, -0.2) is 58.6 Å². The Morgan fingerprint density at radius 1 is 1.32 bits per heavy atom. The van der Waals surface area contributed by atoms with E-state index in [9.17, 15) is 0 Å². The van der Waals surface area contributed by atoms with Crippen molar-refractivity contribution in [2.75, 3.05) is 39.3 Å². The van der Waals surface area contributed by atoms with Crippen LogP contribution in [0.25, 0.3) is 0 Å². The number of imidazole rings is 1. The van der Waals surface area contributed by atoms with Crippen molar-refractivity contribution < 1.29 is 0 Å². The van der Waals surface area contributed by atoms with Gasteiger partial charge < -0.3 is 15.2 Å². The average Bonchev–Trinajstić information content (AvgIpc) is 3.20. The molecule has 5 heteroatoms. The van der Waals surface area contributed by atoms with Crippen molar-refractivity contribution in [2.45, 2.75) is 31.8 Å². The molecule has 1 aliphatic carbocycles. The van der Waals surface area contributed by atoms with E-state index in [-0.39, 0.29) is 0 Å². The Morgan fingerprint density at radius 2 is 2.05 bits per heavy atom. The fraction of sp³-hybridized carbons (Fsp3) is 0.786. The SMILES string of the molecule is CCN1CCN(C(CN)c2cncn2C2CC2)CC1. The molecule has 2 aliphatic rings. The molecule has 0 amide bonds. The normalized spacial score (nSPS) is 23.7. The first-order chi connectivity index (χ1) is 9.33. The first-order valence-electron chi connectivity index (χ1n) is 7.51. The van der Waals surface area contributed by atoms with Crippen LogP contribution in [0.15, 0.2) is 12.5 Å². The van der Waals surface area contributed by atoms with Gasteiger partial charge in [-0.15, -0.1) is 0 Å². The summed E-state index contributed by atoms with van der Waals surface area (Å²) >= 11 is 0. The lowest BCUT2D eigenvalue weighted by molar-refractivity contribution is 0.0987. The quantitative estimate of drug-likeness (QED) is 0.856. The van der Waals surface area contributed by atoms with Gasteiger partial charge in [0.2, 0.25) is 0 Å². The lowest BCUT2D eigenvalue weighted by atomic mass is 10.1. The number of piperazine rings is 1. The molecule has 3 rings (SSSR count). The minimum absolute atomic E-state index is 0.335. The molecule has 1 atom stereocenters. The van der Waals surface area contributed by atoms with Crippen LogP contribution in [0, 0.1) is 0 Å². The molecule has 1 aliphatic heterocycles. The maximum absolute atomic E-state index is 6.06. The lowest BCUT2D eigenvalue weighted by Crippen LogP contribution is -2.49. The van der Waals surface area contributed by atoms with Gasteiger partial charge in [0.15, 0.2) is 0 Å². The zero-order chi connectivity index (χ0) is 13.2. The van der Waals surface area contributed by atoms with Gasteiger partial charge in [0, 0.05) is 45.0 Å².